The molecule has 4 aliphatic rings. The normalized spacial score (nSPS) is 45.9. The number of carboxylic acid groups (broad SMARTS) is 2. The van der Waals surface area contributed by atoms with Gasteiger partial charge in [0.15, 0.2) is 18.9 Å². The number of aliphatic carboxylic acids is 2. The van der Waals surface area contributed by atoms with Gasteiger partial charge in [0.05, 0.1) is 19.8 Å². The Morgan fingerprint density at radius 3 is 1.72 bits per heavy atom. The van der Waals surface area contributed by atoms with Crippen molar-refractivity contribution in [2.24, 2.45) is 0 Å². The summed E-state index contributed by atoms with van der Waals surface area (Å²) in [6.07, 6.45) is -30.1. The highest BCUT2D eigenvalue weighted by molar-refractivity contribution is 5.84. The van der Waals surface area contributed by atoms with E-state index in [0.717, 1.165) is 0 Å². The second-order valence-electron chi connectivity index (χ2n) is 11.0. The molecule has 22 heteroatoms. The number of ether oxygens (including phenoxy) is 8. The molecule has 0 bridgehead atoms. The molecule has 4 rings (SSSR count). The summed E-state index contributed by atoms with van der Waals surface area (Å²) >= 11 is 0. The van der Waals surface area contributed by atoms with Gasteiger partial charge in [0.1, 0.15) is 86.0 Å². The van der Waals surface area contributed by atoms with Gasteiger partial charge in [-0.15, -0.1) is 0 Å². The molecule has 12 N–H and O–H groups in total. The van der Waals surface area contributed by atoms with Crippen molar-refractivity contribution in [2.75, 3.05) is 26.4 Å². The van der Waals surface area contributed by atoms with Crippen LogP contribution in [0.25, 0.3) is 0 Å². The Bertz CT molecular complexity index is 1090. The third-order valence-electron chi connectivity index (χ3n) is 7.75. The Labute approximate surface area is 264 Å². The predicted octanol–water partition coefficient (Wildman–Crippen LogP) is -7.75. The van der Waals surface area contributed by atoms with E-state index in [1.165, 1.54) is 0 Å². The van der Waals surface area contributed by atoms with E-state index in [0.29, 0.717) is 6.08 Å². The summed E-state index contributed by atoms with van der Waals surface area (Å²) < 4.78 is 42.5. The van der Waals surface area contributed by atoms with Crippen LogP contribution < -0.4 is 0 Å². The molecule has 3 saturated heterocycles. The third kappa shape index (κ3) is 8.34. The maximum atomic E-state index is 11.3. The van der Waals surface area contributed by atoms with Crippen LogP contribution in [0.4, 0.5) is 0 Å². The fourth-order valence-corrected chi connectivity index (χ4v) is 5.20. The Kier molecular flexibility index (Phi) is 12.8. The quantitative estimate of drug-likeness (QED) is 0.0904. The highest BCUT2D eigenvalue weighted by Gasteiger charge is 2.54. The monoisotopic (exact) mass is 690 g/mol. The molecule has 3 fully saturated rings. The summed E-state index contributed by atoms with van der Waals surface area (Å²) in [4.78, 5) is 22.1. The van der Waals surface area contributed by atoms with Gasteiger partial charge in [0.2, 0.25) is 12.0 Å². The molecule has 0 aromatic carbocycles. The van der Waals surface area contributed by atoms with Crippen molar-refractivity contribution < 1.29 is 109 Å². The van der Waals surface area contributed by atoms with Crippen molar-refractivity contribution >= 4 is 11.9 Å². The van der Waals surface area contributed by atoms with Gasteiger partial charge in [-0.2, -0.15) is 0 Å². The van der Waals surface area contributed by atoms with Crippen LogP contribution >= 0.6 is 0 Å². The molecule has 0 spiro atoms. The van der Waals surface area contributed by atoms with E-state index in [9.17, 15) is 65.8 Å². The van der Waals surface area contributed by atoms with Crippen LogP contribution in [-0.2, 0) is 47.5 Å². The molecule has 0 aromatic rings. The third-order valence-corrected chi connectivity index (χ3v) is 7.75. The molecule has 0 saturated carbocycles. The number of aliphatic hydroxyl groups excluding tert-OH is 10. The SMILES string of the molecule is O=C(O)COC1OCC(OC2OC(CO)C(O)C(OC3OC(CO)C(O)C(OC4OC(C(=O)O)=CC(O)C4O)C3O)C2O)C(O)C1O. The highest BCUT2D eigenvalue weighted by atomic mass is 16.8. The van der Waals surface area contributed by atoms with Crippen LogP contribution in [-0.4, -0.2) is 204 Å². The van der Waals surface area contributed by atoms with Gasteiger partial charge in [-0.1, -0.05) is 0 Å². The first-order chi connectivity index (χ1) is 22.2. The van der Waals surface area contributed by atoms with Crippen molar-refractivity contribution in [3.8, 4) is 0 Å². The number of carbonyl (C=O) groups is 2. The van der Waals surface area contributed by atoms with E-state index in [1.54, 1.807) is 0 Å². The number of hydrogen-bond acceptors (Lipinski definition) is 20. The van der Waals surface area contributed by atoms with Crippen molar-refractivity contribution in [1.29, 1.82) is 0 Å². The molecular formula is C25H38O22. The summed E-state index contributed by atoms with van der Waals surface area (Å²) in [6.45, 7) is -3.19. The molecule has 0 radical (unpaired) electrons. The summed E-state index contributed by atoms with van der Waals surface area (Å²) in [5.74, 6) is -3.84. The van der Waals surface area contributed by atoms with Gasteiger partial charge in [-0.3, -0.25) is 0 Å². The molecule has 22 nitrogen and oxygen atoms in total. The molecule has 0 aliphatic carbocycles. The molecule has 17 unspecified atom stereocenters. The first-order valence-electron chi connectivity index (χ1n) is 14.2. The van der Waals surface area contributed by atoms with Crippen LogP contribution in [0.2, 0.25) is 0 Å². The maximum Gasteiger partial charge on any atom is 0.371 e. The molecule has 47 heavy (non-hydrogen) atoms. The second kappa shape index (κ2) is 16.0. The van der Waals surface area contributed by atoms with Crippen LogP contribution in [0.1, 0.15) is 0 Å². The van der Waals surface area contributed by atoms with Crippen molar-refractivity contribution in [1.82, 2.24) is 0 Å². The van der Waals surface area contributed by atoms with Gasteiger partial charge < -0.3 is 99.2 Å². The minimum atomic E-state index is -2.08. The van der Waals surface area contributed by atoms with Crippen LogP contribution in [0, 0.1) is 0 Å². The van der Waals surface area contributed by atoms with E-state index in [-0.39, 0.29) is 0 Å². The van der Waals surface area contributed by atoms with Crippen molar-refractivity contribution in [2.45, 2.75) is 105 Å². The first kappa shape index (κ1) is 37.6. The summed E-state index contributed by atoms with van der Waals surface area (Å²) in [7, 11) is 0. The van der Waals surface area contributed by atoms with Crippen molar-refractivity contribution in [3.05, 3.63) is 11.8 Å². The fraction of sp³-hybridized carbons (Fsp3) is 0.840. The van der Waals surface area contributed by atoms with Gasteiger partial charge in [-0.05, 0) is 6.08 Å². The van der Waals surface area contributed by atoms with E-state index < -0.39 is 149 Å². The zero-order valence-electron chi connectivity index (χ0n) is 24.2. The Morgan fingerprint density at radius 1 is 0.681 bits per heavy atom. The minimum absolute atomic E-state index is 0.519. The first-order valence-corrected chi connectivity index (χ1v) is 14.2. The zero-order chi connectivity index (χ0) is 34.7. The lowest BCUT2D eigenvalue weighted by Crippen LogP contribution is -2.66. The van der Waals surface area contributed by atoms with Gasteiger partial charge >= 0.3 is 11.9 Å². The summed E-state index contributed by atoms with van der Waals surface area (Å²) in [5.41, 5.74) is 0. The number of rotatable bonds is 12. The molecule has 270 valence electrons. The zero-order valence-corrected chi connectivity index (χ0v) is 24.2. The predicted molar refractivity (Wildman–Crippen MR) is 138 cm³/mol. The molecule has 4 heterocycles. The Morgan fingerprint density at radius 2 is 1.21 bits per heavy atom. The topological polar surface area (TPSA) is 351 Å². The van der Waals surface area contributed by atoms with Crippen LogP contribution in [0.3, 0.4) is 0 Å². The lowest BCUT2D eigenvalue weighted by molar-refractivity contribution is -0.380. The lowest BCUT2D eigenvalue weighted by Gasteiger charge is -2.48. The number of hydrogen-bond donors (Lipinski definition) is 12. The molecular weight excluding hydrogens is 652 g/mol. The molecule has 0 aromatic heterocycles. The summed E-state index contributed by atoms with van der Waals surface area (Å²) in [5, 5.41) is 122. The standard InChI is InChI=1S/C25H38O22/c26-2-8-14(33)19(17(36)24(43-8)45-10-4-40-22(16(35)13(10)32)41-5-11(29)30)47-25-18(37)20(15(34)9(3-27)44-25)46-23-12(31)6(28)1-7(42-23)21(38)39/h1,6,8-10,12-20,22-28,31-37H,2-5H2,(H,29,30)(H,38,39). The second-order valence-corrected chi connectivity index (χ2v) is 11.0. The smallest absolute Gasteiger partial charge is 0.371 e. The fourth-order valence-electron chi connectivity index (χ4n) is 5.20. The van der Waals surface area contributed by atoms with Crippen molar-refractivity contribution in [3.63, 3.8) is 0 Å². The van der Waals surface area contributed by atoms with Gasteiger partial charge in [0.25, 0.3) is 0 Å². The highest BCUT2D eigenvalue weighted by Crippen LogP contribution is 2.33. The van der Waals surface area contributed by atoms with E-state index in [1.807, 2.05) is 0 Å². The Hall–Kier alpha value is -2.20. The van der Waals surface area contributed by atoms with E-state index in [4.69, 9.17) is 43.0 Å². The summed E-state index contributed by atoms with van der Waals surface area (Å²) in [6, 6.07) is 0. The maximum absolute atomic E-state index is 11.3. The molecule has 0 amide bonds. The number of carboxylic acids is 2. The van der Waals surface area contributed by atoms with E-state index in [2.05, 4.69) is 0 Å². The Balaban J connectivity index is 1.48. The van der Waals surface area contributed by atoms with Crippen LogP contribution in [0.15, 0.2) is 11.8 Å². The minimum Gasteiger partial charge on any atom is -0.480 e. The van der Waals surface area contributed by atoms with E-state index >= 15 is 0 Å². The average Bonchev–Trinajstić information content (AvgIpc) is 3.03. The number of aliphatic hydroxyl groups is 10. The lowest BCUT2D eigenvalue weighted by atomic mass is 9.96. The van der Waals surface area contributed by atoms with Crippen LogP contribution in [0.5, 0.6) is 0 Å². The van der Waals surface area contributed by atoms with Gasteiger partial charge in [-0.25, -0.2) is 9.59 Å². The van der Waals surface area contributed by atoms with Gasteiger partial charge in [0, 0.05) is 0 Å². The largest absolute Gasteiger partial charge is 0.480 e. The molecule has 17 atom stereocenters. The molecule has 4 aliphatic heterocycles. The average molecular weight is 691 g/mol.